The van der Waals surface area contributed by atoms with Crippen LogP contribution in [0.25, 0.3) is 0 Å². The Kier molecular flexibility index (Phi) is 4.52. The van der Waals surface area contributed by atoms with E-state index in [1.807, 2.05) is 0 Å². The van der Waals surface area contributed by atoms with Crippen LogP contribution in [0.3, 0.4) is 0 Å². The van der Waals surface area contributed by atoms with Crippen LogP contribution in [0.2, 0.25) is 0 Å². The minimum atomic E-state index is -2.71. The molecule has 1 nitrogen and oxygen atoms in total. The molecule has 0 heterocycles. The molecule has 0 aliphatic rings. The lowest BCUT2D eigenvalue weighted by Crippen LogP contribution is -2.16. The molecule has 0 aromatic carbocycles. The van der Waals surface area contributed by atoms with Gasteiger partial charge in [-0.3, -0.25) is 0 Å². The van der Waals surface area contributed by atoms with E-state index in [0.717, 1.165) is 6.21 Å². The molecule has 1 N–H and O–H groups in total. The molecule has 0 fully saturated rings. The first-order valence-electron chi connectivity index (χ1n) is 4.17. The molecule has 0 spiro atoms. The molecule has 0 bridgehead atoms. The maximum atomic E-state index is 12.9. The number of halogens is 2. The summed E-state index contributed by atoms with van der Waals surface area (Å²) in [5.74, 6) is -2.71. The monoisotopic (exact) mass is 187 g/mol. The number of hydrogen-bond donors (Lipinski definition) is 1. The summed E-state index contributed by atoms with van der Waals surface area (Å²) in [7, 11) is 0. The highest BCUT2D eigenvalue weighted by atomic mass is 19.3. The molecule has 0 atom stereocenters. The third kappa shape index (κ3) is 3.97. The summed E-state index contributed by atoms with van der Waals surface area (Å²) < 4.78 is 25.8. The van der Waals surface area contributed by atoms with E-state index in [1.54, 1.807) is 6.92 Å². The highest BCUT2D eigenvalue weighted by molar-refractivity contribution is 5.77. The molecular weight excluding hydrogens is 172 g/mol. The van der Waals surface area contributed by atoms with E-state index < -0.39 is 5.92 Å². The topological polar surface area (TPSA) is 23.9 Å². The van der Waals surface area contributed by atoms with Crippen molar-refractivity contribution in [2.24, 2.45) is 0 Å². The minimum Gasteiger partial charge on any atom is -0.308 e. The van der Waals surface area contributed by atoms with E-state index in [2.05, 4.69) is 6.58 Å². The summed E-state index contributed by atoms with van der Waals surface area (Å²) in [6.07, 6.45) is 1.90. The summed E-state index contributed by atoms with van der Waals surface area (Å²) >= 11 is 0. The largest absolute Gasteiger partial charge is 0.308 e. The van der Waals surface area contributed by atoms with Crippen molar-refractivity contribution in [1.29, 1.82) is 5.41 Å². The Morgan fingerprint density at radius 1 is 1.54 bits per heavy atom. The Morgan fingerprint density at radius 3 is 2.38 bits per heavy atom. The SMILES string of the molecule is C=C/C(C)=C(\C=N)CC(F)(F)CC. The second kappa shape index (κ2) is 4.90. The van der Waals surface area contributed by atoms with Crippen LogP contribution in [-0.2, 0) is 0 Å². The van der Waals surface area contributed by atoms with Gasteiger partial charge in [0.1, 0.15) is 0 Å². The van der Waals surface area contributed by atoms with Gasteiger partial charge in [-0.05, 0) is 18.1 Å². The van der Waals surface area contributed by atoms with E-state index in [0.29, 0.717) is 11.1 Å². The molecule has 0 aliphatic heterocycles. The molecular formula is C10H15F2N. The average molecular weight is 187 g/mol. The fourth-order valence-electron chi connectivity index (χ4n) is 0.839. The molecule has 74 valence electrons. The standard InChI is InChI=1S/C10H15F2N/c1-4-8(3)9(7-13)6-10(11,12)5-2/h4,7,13H,1,5-6H2,2-3H3/b9-8-,13-7?. The predicted octanol–water partition coefficient (Wildman–Crippen LogP) is 3.57. The molecule has 0 rings (SSSR count). The number of alkyl halides is 2. The number of hydrogen-bond acceptors (Lipinski definition) is 1. The van der Waals surface area contributed by atoms with Gasteiger partial charge in [0.05, 0.1) is 0 Å². The Balaban J connectivity index is 4.65. The summed E-state index contributed by atoms with van der Waals surface area (Å²) in [4.78, 5) is 0. The van der Waals surface area contributed by atoms with E-state index in [-0.39, 0.29) is 12.8 Å². The molecule has 0 saturated carbocycles. The minimum absolute atomic E-state index is 0.200. The first kappa shape index (κ1) is 12.0. The molecule has 3 heteroatoms. The maximum absolute atomic E-state index is 12.9. The summed E-state index contributed by atoms with van der Waals surface area (Å²) in [6.45, 7) is 6.59. The fraction of sp³-hybridized carbons (Fsp3) is 0.500. The normalized spacial score (nSPS) is 13.5. The van der Waals surface area contributed by atoms with Gasteiger partial charge in [0.2, 0.25) is 0 Å². The van der Waals surface area contributed by atoms with Crippen molar-refractivity contribution in [3.8, 4) is 0 Å². The first-order valence-corrected chi connectivity index (χ1v) is 4.17. The van der Waals surface area contributed by atoms with Crippen LogP contribution in [0.1, 0.15) is 26.7 Å². The summed E-state index contributed by atoms with van der Waals surface area (Å²) in [6, 6.07) is 0. The van der Waals surface area contributed by atoms with Gasteiger partial charge in [0.15, 0.2) is 0 Å². The number of allylic oxidation sites excluding steroid dienone is 3. The van der Waals surface area contributed by atoms with Crippen LogP contribution < -0.4 is 0 Å². The van der Waals surface area contributed by atoms with Crippen molar-refractivity contribution < 1.29 is 8.78 Å². The first-order chi connectivity index (χ1) is 5.96. The Bertz CT molecular complexity index is 229. The fourth-order valence-corrected chi connectivity index (χ4v) is 0.839. The van der Waals surface area contributed by atoms with Crippen molar-refractivity contribution in [3.63, 3.8) is 0 Å². The second-order valence-corrected chi connectivity index (χ2v) is 2.94. The van der Waals surface area contributed by atoms with Crippen LogP contribution in [0.5, 0.6) is 0 Å². The maximum Gasteiger partial charge on any atom is 0.251 e. The van der Waals surface area contributed by atoms with E-state index >= 15 is 0 Å². The van der Waals surface area contributed by atoms with E-state index in [4.69, 9.17) is 5.41 Å². The highest BCUT2D eigenvalue weighted by Gasteiger charge is 2.27. The highest BCUT2D eigenvalue weighted by Crippen LogP contribution is 2.27. The van der Waals surface area contributed by atoms with Crippen LogP contribution in [0.4, 0.5) is 8.78 Å². The lowest BCUT2D eigenvalue weighted by Gasteiger charge is -2.14. The molecule has 0 radical (unpaired) electrons. The van der Waals surface area contributed by atoms with Crippen LogP contribution in [0, 0.1) is 5.41 Å². The Morgan fingerprint density at radius 2 is 2.08 bits per heavy atom. The Hall–Kier alpha value is -0.990. The van der Waals surface area contributed by atoms with Gasteiger partial charge in [0.25, 0.3) is 5.92 Å². The number of nitrogens with one attached hydrogen (secondary N) is 1. The molecule has 0 saturated heterocycles. The van der Waals surface area contributed by atoms with E-state index in [9.17, 15) is 8.78 Å². The molecule has 0 amide bonds. The number of rotatable bonds is 5. The molecule has 0 unspecified atom stereocenters. The summed E-state index contributed by atoms with van der Waals surface area (Å²) in [5.41, 5.74) is 0.991. The van der Waals surface area contributed by atoms with Crippen LogP contribution >= 0.6 is 0 Å². The van der Waals surface area contributed by atoms with Crippen molar-refractivity contribution in [3.05, 3.63) is 23.8 Å². The van der Waals surface area contributed by atoms with Crippen LogP contribution in [0.15, 0.2) is 23.8 Å². The zero-order valence-electron chi connectivity index (χ0n) is 8.03. The van der Waals surface area contributed by atoms with Crippen molar-refractivity contribution in [1.82, 2.24) is 0 Å². The van der Waals surface area contributed by atoms with Gasteiger partial charge < -0.3 is 5.41 Å². The molecule has 13 heavy (non-hydrogen) atoms. The Labute approximate surface area is 77.7 Å². The van der Waals surface area contributed by atoms with Gasteiger partial charge in [-0.15, -0.1) is 0 Å². The quantitative estimate of drug-likeness (QED) is 0.502. The third-order valence-corrected chi connectivity index (χ3v) is 1.95. The smallest absolute Gasteiger partial charge is 0.251 e. The second-order valence-electron chi connectivity index (χ2n) is 2.94. The van der Waals surface area contributed by atoms with Crippen LogP contribution in [-0.4, -0.2) is 12.1 Å². The lowest BCUT2D eigenvalue weighted by atomic mass is 10.0. The van der Waals surface area contributed by atoms with Gasteiger partial charge >= 0.3 is 0 Å². The van der Waals surface area contributed by atoms with Gasteiger partial charge in [-0.1, -0.05) is 19.6 Å². The lowest BCUT2D eigenvalue weighted by molar-refractivity contribution is -0.000909. The zero-order chi connectivity index (χ0) is 10.5. The van der Waals surface area contributed by atoms with Crippen molar-refractivity contribution >= 4 is 6.21 Å². The average Bonchev–Trinajstić information content (AvgIpc) is 2.13. The molecule has 0 aromatic heterocycles. The van der Waals surface area contributed by atoms with Gasteiger partial charge in [-0.25, -0.2) is 8.78 Å². The summed E-state index contributed by atoms with van der Waals surface area (Å²) in [5, 5.41) is 6.98. The zero-order valence-corrected chi connectivity index (χ0v) is 8.03. The third-order valence-electron chi connectivity index (χ3n) is 1.95. The van der Waals surface area contributed by atoms with Gasteiger partial charge in [-0.2, -0.15) is 0 Å². The van der Waals surface area contributed by atoms with Crippen molar-refractivity contribution in [2.45, 2.75) is 32.6 Å². The predicted molar refractivity (Wildman–Crippen MR) is 51.5 cm³/mol. The van der Waals surface area contributed by atoms with E-state index in [1.165, 1.54) is 13.0 Å². The van der Waals surface area contributed by atoms with Gasteiger partial charge in [0, 0.05) is 19.1 Å². The molecule has 0 aliphatic carbocycles. The molecule has 0 aromatic rings. The van der Waals surface area contributed by atoms with Crippen molar-refractivity contribution in [2.75, 3.05) is 0 Å².